The summed E-state index contributed by atoms with van der Waals surface area (Å²) in [6, 6.07) is 5.28. The summed E-state index contributed by atoms with van der Waals surface area (Å²) in [7, 11) is 0.521. The number of hydrogen-bond donors (Lipinski definition) is 0. The van der Waals surface area contributed by atoms with Gasteiger partial charge in [0.05, 0.1) is 17.0 Å². The van der Waals surface area contributed by atoms with E-state index in [1.807, 2.05) is 27.4 Å². The van der Waals surface area contributed by atoms with Crippen molar-refractivity contribution in [3.05, 3.63) is 29.3 Å². The Morgan fingerprint density at radius 2 is 2.04 bits per heavy atom. The minimum Gasteiger partial charge on any atom is -0.308 e. The van der Waals surface area contributed by atoms with Crippen LogP contribution in [0, 0.1) is 16.7 Å². The molecule has 0 bridgehead atoms. The molecule has 130 valence electrons. The maximum absolute atomic E-state index is 13.9. The molecule has 0 radical (unpaired) electrons. The molecule has 0 aromatic heterocycles. The minimum atomic E-state index is -3.76. The van der Waals surface area contributed by atoms with Crippen LogP contribution in [0.5, 0.6) is 0 Å². The maximum Gasteiger partial charge on any atom is 0.302 e. The first-order valence-electron chi connectivity index (χ1n) is 7.61. The molecule has 1 saturated heterocycles. The number of carbonyl (C=O) groups excluding carboxylic acids is 1. The summed E-state index contributed by atoms with van der Waals surface area (Å²) in [5.74, 6) is -3.90. The van der Waals surface area contributed by atoms with Crippen molar-refractivity contribution in [2.75, 3.05) is 18.2 Å². The van der Waals surface area contributed by atoms with Crippen LogP contribution >= 0.6 is 8.58 Å². The lowest BCUT2D eigenvalue weighted by atomic mass is 9.89. The zero-order chi connectivity index (χ0) is 18.3. The lowest BCUT2D eigenvalue weighted by Gasteiger charge is -2.26. The summed E-state index contributed by atoms with van der Waals surface area (Å²) in [4.78, 5) is 14.3. The van der Waals surface area contributed by atoms with Gasteiger partial charge < -0.3 is 4.90 Å². The molecule has 7 heteroatoms. The molecule has 1 aromatic carbocycles. The van der Waals surface area contributed by atoms with Crippen LogP contribution in [0.2, 0.25) is 0 Å². The van der Waals surface area contributed by atoms with Gasteiger partial charge in [0.15, 0.2) is 6.67 Å². The lowest BCUT2D eigenvalue weighted by Crippen LogP contribution is -2.34. The fourth-order valence-electron chi connectivity index (χ4n) is 3.49. The highest BCUT2D eigenvalue weighted by molar-refractivity contribution is 7.38. The standard InChI is InChI=1S/C17H20F3N2OP/c1-10-14(24-4)16(2,3)15(23)22(10)12-6-5-11(8-21)13(7-12)17(19,20)9-18/h5-7,10,14,24H,9H2,1-4H3/t10-,14?/m0/s1. The third-order valence-corrected chi connectivity index (χ3v) is 6.54. The molecule has 1 fully saturated rings. The van der Waals surface area contributed by atoms with Gasteiger partial charge in [0.25, 0.3) is 0 Å². The van der Waals surface area contributed by atoms with Crippen LogP contribution in [0.25, 0.3) is 0 Å². The van der Waals surface area contributed by atoms with Crippen molar-refractivity contribution in [2.45, 2.75) is 38.4 Å². The van der Waals surface area contributed by atoms with E-state index in [2.05, 4.69) is 0 Å². The van der Waals surface area contributed by atoms with Crippen molar-refractivity contribution in [3.8, 4) is 6.07 Å². The second-order valence-electron chi connectivity index (χ2n) is 6.58. The first-order chi connectivity index (χ1) is 11.1. The lowest BCUT2D eigenvalue weighted by molar-refractivity contribution is -0.123. The van der Waals surface area contributed by atoms with Crippen molar-refractivity contribution in [2.24, 2.45) is 5.41 Å². The van der Waals surface area contributed by atoms with Gasteiger partial charge in [-0.3, -0.25) is 4.79 Å². The van der Waals surface area contributed by atoms with Gasteiger partial charge in [0.1, 0.15) is 0 Å². The fourth-order valence-corrected chi connectivity index (χ4v) is 4.97. The van der Waals surface area contributed by atoms with Crippen LogP contribution in [0.15, 0.2) is 18.2 Å². The number of alkyl halides is 3. The average molecular weight is 356 g/mol. The number of nitrogens with zero attached hydrogens (tertiary/aromatic N) is 2. The zero-order valence-electron chi connectivity index (χ0n) is 14.0. The van der Waals surface area contributed by atoms with Gasteiger partial charge in [0, 0.05) is 23.0 Å². The number of hydrogen-bond acceptors (Lipinski definition) is 2. The molecular weight excluding hydrogens is 336 g/mol. The highest BCUT2D eigenvalue weighted by Crippen LogP contribution is 2.47. The molecule has 1 aliphatic heterocycles. The summed E-state index contributed by atoms with van der Waals surface area (Å²) in [5.41, 5.74) is -1.17. The van der Waals surface area contributed by atoms with Crippen LogP contribution < -0.4 is 4.90 Å². The predicted octanol–water partition coefficient (Wildman–Crippen LogP) is 4.06. The number of anilines is 1. The molecule has 0 N–H and O–H groups in total. The molecule has 3 nitrogen and oxygen atoms in total. The number of nitriles is 1. The van der Waals surface area contributed by atoms with E-state index in [0.29, 0.717) is 8.58 Å². The molecule has 1 aromatic rings. The van der Waals surface area contributed by atoms with Gasteiger partial charge in [-0.2, -0.15) is 14.0 Å². The number of amides is 1. The van der Waals surface area contributed by atoms with E-state index in [1.54, 1.807) is 6.07 Å². The summed E-state index contributed by atoms with van der Waals surface area (Å²) < 4.78 is 40.5. The summed E-state index contributed by atoms with van der Waals surface area (Å²) in [6.45, 7) is 5.72. The van der Waals surface area contributed by atoms with Crippen LogP contribution in [-0.2, 0) is 10.7 Å². The number of carbonyl (C=O) groups is 1. The van der Waals surface area contributed by atoms with E-state index in [-0.39, 0.29) is 28.9 Å². The summed E-state index contributed by atoms with van der Waals surface area (Å²) >= 11 is 0. The minimum absolute atomic E-state index is 0.103. The maximum atomic E-state index is 13.9. The van der Waals surface area contributed by atoms with Crippen molar-refractivity contribution in [1.82, 2.24) is 0 Å². The Bertz CT molecular complexity index is 700. The Balaban J connectivity index is 2.57. The Morgan fingerprint density at radius 3 is 2.50 bits per heavy atom. The second-order valence-corrected chi connectivity index (χ2v) is 7.78. The normalized spacial score (nSPS) is 23.9. The van der Waals surface area contributed by atoms with E-state index >= 15 is 0 Å². The zero-order valence-corrected chi connectivity index (χ0v) is 15.0. The van der Waals surface area contributed by atoms with Crippen molar-refractivity contribution < 1.29 is 18.0 Å². The molecule has 1 aliphatic rings. The van der Waals surface area contributed by atoms with E-state index < -0.39 is 23.6 Å². The molecule has 3 atom stereocenters. The van der Waals surface area contributed by atoms with Crippen LogP contribution in [0.3, 0.4) is 0 Å². The van der Waals surface area contributed by atoms with Crippen molar-refractivity contribution in [1.29, 1.82) is 5.26 Å². The highest BCUT2D eigenvalue weighted by Gasteiger charge is 2.51. The third kappa shape index (κ3) is 2.80. The van der Waals surface area contributed by atoms with Crippen molar-refractivity contribution in [3.63, 3.8) is 0 Å². The number of benzene rings is 1. The topological polar surface area (TPSA) is 44.1 Å². The molecular formula is C17H20F3N2OP. The van der Waals surface area contributed by atoms with E-state index in [1.165, 1.54) is 17.0 Å². The van der Waals surface area contributed by atoms with Gasteiger partial charge in [0.2, 0.25) is 5.91 Å². The molecule has 1 heterocycles. The van der Waals surface area contributed by atoms with Crippen molar-refractivity contribution >= 4 is 20.2 Å². The van der Waals surface area contributed by atoms with Crippen LogP contribution in [-0.4, -0.2) is 30.9 Å². The summed E-state index contributed by atoms with van der Waals surface area (Å²) in [6.07, 6.45) is 0. The van der Waals surface area contributed by atoms with Crippen LogP contribution in [0.4, 0.5) is 18.9 Å². The Hall–Kier alpha value is -1.60. The van der Waals surface area contributed by atoms with E-state index in [9.17, 15) is 18.0 Å². The first-order valence-corrected chi connectivity index (χ1v) is 9.19. The van der Waals surface area contributed by atoms with Gasteiger partial charge in [-0.15, -0.1) is 8.58 Å². The smallest absolute Gasteiger partial charge is 0.302 e. The molecule has 1 amide bonds. The Morgan fingerprint density at radius 1 is 1.42 bits per heavy atom. The van der Waals surface area contributed by atoms with E-state index in [4.69, 9.17) is 5.26 Å². The second kappa shape index (κ2) is 6.37. The molecule has 2 unspecified atom stereocenters. The predicted molar refractivity (Wildman–Crippen MR) is 89.8 cm³/mol. The molecule has 2 rings (SSSR count). The Labute approximate surface area is 141 Å². The van der Waals surface area contributed by atoms with Gasteiger partial charge in [-0.25, -0.2) is 4.39 Å². The average Bonchev–Trinajstić information content (AvgIpc) is 2.71. The molecule has 0 spiro atoms. The number of halogens is 3. The monoisotopic (exact) mass is 356 g/mol. The van der Waals surface area contributed by atoms with E-state index in [0.717, 1.165) is 6.07 Å². The Kier molecular flexibility index (Phi) is 4.97. The molecule has 0 aliphatic carbocycles. The van der Waals surface area contributed by atoms with Gasteiger partial charge >= 0.3 is 5.92 Å². The molecule has 0 saturated carbocycles. The van der Waals surface area contributed by atoms with Crippen LogP contribution in [0.1, 0.15) is 31.9 Å². The largest absolute Gasteiger partial charge is 0.308 e. The van der Waals surface area contributed by atoms with Gasteiger partial charge in [-0.1, -0.05) is 13.8 Å². The fraction of sp³-hybridized carbons (Fsp3) is 0.529. The molecule has 24 heavy (non-hydrogen) atoms. The first kappa shape index (κ1) is 18.7. The van der Waals surface area contributed by atoms with Gasteiger partial charge in [-0.05, 0) is 31.8 Å². The highest BCUT2D eigenvalue weighted by atomic mass is 31.1. The summed E-state index contributed by atoms with van der Waals surface area (Å²) in [5, 5.41) is 9.02. The number of rotatable bonds is 4. The SMILES string of the molecule is CPC1[C@H](C)N(c2ccc(C#N)c(C(F)(F)CF)c2)C(=O)C1(C)C. The quantitative estimate of drug-likeness (QED) is 0.764. The third-order valence-electron chi connectivity index (χ3n) is 4.71.